The van der Waals surface area contributed by atoms with Crippen molar-refractivity contribution in [1.82, 2.24) is 9.38 Å². The second-order valence-corrected chi connectivity index (χ2v) is 4.69. The quantitative estimate of drug-likeness (QED) is 0.691. The topological polar surface area (TPSA) is 43.6 Å². The van der Waals surface area contributed by atoms with Crippen LogP contribution < -0.4 is 4.74 Å². The third-order valence-electron chi connectivity index (χ3n) is 3.13. The zero-order chi connectivity index (χ0) is 14.8. The van der Waals surface area contributed by atoms with E-state index in [1.54, 1.807) is 6.07 Å². The Kier molecular flexibility index (Phi) is 3.39. The van der Waals surface area contributed by atoms with Crippen LogP contribution in [0.2, 0.25) is 0 Å². The molecule has 0 saturated heterocycles. The Hall–Kier alpha value is -2.69. The van der Waals surface area contributed by atoms with E-state index in [0.717, 1.165) is 5.65 Å². The normalized spacial score (nSPS) is 10.8. The predicted octanol–water partition coefficient (Wildman–Crippen LogP) is 3.26. The lowest BCUT2D eigenvalue weighted by Gasteiger charge is -2.06. The van der Waals surface area contributed by atoms with Crippen LogP contribution in [0.4, 0.5) is 4.39 Å². The number of pyridine rings is 1. The Bertz CT molecular complexity index is 778. The summed E-state index contributed by atoms with van der Waals surface area (Å²) in [7, 11) is 0. The molecule has 2 heterocycles. The molecular formula is C16H13FN2O2. The summed E-state index contributed by atoms with van der Waals surface area (Å²) in [4.78, 5) is 15.5. The van der Waals surface area contributed by atoms with Crippen molar-refractivity contribution >= 4 is 11.4 Å². The molecule has 0 aliphatic heterocycles. The molecule has 3 rings (SSSR count). The van der Waals surface area contributed by atoms with Crippen LogP contribution in [0.5, 0.6) is 5.75 Å². The molecule has 0 amide bonds. The number of hydrogen-bond acceptors (Lipinski definition) is 3. The number of Topliss-reactive ketones (excluding diaryl/α,β-unsaturated/α-hetero) is 1. The van der Waals surface area contributed by atoms with E-state index in [9.17, 15) is 9.18 Å². The van der Waals surface area contributed by atoms with Gasteiger partial charge in [-0.1, -0.05) is 6.07 Å². The molecular weight excluding hydrogens is 271 g/mol. The number of benzene rings is 1. The molecule has 0 spiro atoms. The first-order valence-corrected chi connectivity index (χ1v) is 6.49. The summed E-state index contributed by atoms with van der Waals surface area (Å²) in [5, 5.41) is 0. The smallest absolute Gasteiger partial charge is 0.165 e. The summed E-state index contributed by atoms with van der Waals surface area (Å²) in [5.41, 5.74) is 1.84. The summed E-state index contributed by atoms with van der Waals surface area (Å²) in [6, 6.07) is 9.87. The molecule has 1 aromatic carbocycles. The fourth-order valence-electron chi connectivity index (χ4n) is 2.05. The Morgan fingerprint density at radius 1 is 1.33 bits per heavy atom. The number of rotatable bonds is 4. The van der Waals surface area contributed by atoms with Crippen LogP contribution in [0, 0.1) is 5.82 Å². The molecule has 5 heteroatoms. The van der Waals surface area contributed by atoms with Crippen molar-refractivity contribution in [3.8, 4) is 5.75 Å². The van der Waals surface area contributed by atoms with Gasteiger partial charge >= 0.3 is 0 Å². The highest BCUT2D eigenvalue weighted by molar-refractivity contribution is 5.94. The molecule has 0 bridgehead atoms. The highest BCUT2D eigenvalue weighted by Gasteiger charge is 2.09. The van der Waals surface area contributed by atoms with E-state index in [4.69, 9.17) is 4.74 Å². The summed E-state index contributed by atoms with van der Waals surface area (Å²) < 4.78 is 21.1. The van der Waals surface area contributed by atoms with Crippen LogP contribution in [-0.2, 0) is 6.61 Å². The van der Waals surface area contributed by atoms with E-state index in [2.05, 4.69) is 4.98 Å². The van der Waals surface area contributed by atoms with Gasteiger partial charge in [0.1, 0.15) is 12.3 Å². The van der Waals surface area contributed by atoms with E-state index >= 15 is 0 Å². The molecule has 0 unspecified atom stereocenters. The van der Waals surface area contributed by atoms with Gasteiger partial charge in [-0.15, -0.1) is 0 Å². The lowest BCUT2D eigenvalue weighted by molar-refractivity contribution is 0.101. The first kappa shape index (κ1) is 13.3. The standard InChI is InChI=1S/C16H13FN2O2/c1-11(20)12-5-6-15(14(17)8-12)21-10-13-9-19-7-3-2-4-16(19)18-13/h2-9H,10H2,1H3. The SMILES string of the molecule is CC(=O)c1ccc(OCc2cn3ccccc3n2)c(F)c1. The van der Waals surface area contributed by atoms with Crippen LogP contribution in [0.1, 0.15) is 23.0 Å². The zero-order valence-corrected chi connectivity index (χ0v) is 11.4. The van der Waals surface area contributed by atoms with Crippen molar-refractivity contribution < 1.29 is 13.9 Å². The third kappa shape index (κ3) is 2.76. The fraction of sp³-hybridized carbons (Fsp3) is 0.125. The first-order valence-electron chi connectivity index (χ1n) is 6.49. The van der Waals surface area contributed by atoms with Crippen molar-refractivity contribution in [2.24, 2.45) is 0 Å². The maximum Gasteiger partial charge on any atom is 0.165 e. The second kappa shape index (κ2) is 5.36. The van der Waals surface area contributed by atoms with Crippen molar-refractivity contribution in [3.05, 3.63) is 65.9 Å². The predicted molar refractivity (Wildman–Crippen MR) is 75.9 cm³/mol. The summed E-state index contributed by atoms with van der Waals surface area (Å²) in [6.07, 6.45) is 3.71. The van der Waals surface area contributed by atoms with Crippen molar-refractivity contribution in [2.75, 3.05) is 0 Å². The molecule has 0 aliphatic rings. The fourth-order valence-corrected chi connectivity index (χ4v) is 2.05. The molecule has 106 valence electrons. The van der Waals surface area contributed by atoms with Gasteiger partial charge in [0, 0.05) is 18.0 Å². The van der Waals surface area contributed by atoms with Crippen molar-refractivity contribution in [1.29, 1.82) is 0 Å². The molecule has 3 aromatic rings. The highest BCUT2D eigenvalue weighted by Crippen LogP contribution is 2.20. The Labute approximate surface area is 120 Å². The molecule has 21 heavy (non-hydrogen) atoms. The Morgan fingerprint density at radius 2 is 2.19 bits per heavy atom. The van der Waals surface area contributed by atoms with Crippen LogP contribution in [0.15, 0.2) is 48.8 Å². The maximum absolute atomic E-state index is 13.8. The number of hydrogen-bond donors (Lipinski definition) is 0. The average Bonchev–Trinajstić information content (AvgIpc) is 2.88. The number of fused-ring (bicyclic) bond motifs is 1. The lowest BCUT2D eigenvalue weighted by atomic mass is 10.1. The van der Waals surface area contributed by atoms with Gasteiger partial charge in [-0.05, 0) is 37.3 Å². The molecule has 4 nitrogen and oxygen atoms in total. The minimum atomic E-state index is -0.550. The Morgan fingerprint density at radius 3 is 2.90 bits per heavy atom. The lowest BCUT2D eigenvalue weighted by Crippen LogP contribution is -2.00. The van der Waals surface area contributed by atoms with Gasteiger partial charge in [0.05, 0.1) is 5.69 Å². The number of halogens is 1. The number of ether oxygens (including phenoxy) is 1. The summed E-state index contributed by atoms with van der Waals surface area (Å²) in [6.45, 7) is 1.56. The van der Waals surface area contributed by atoms with E-state index in [1.165, 1.54) is 19.1 Å². The maximum atomic E-state index is 13.8. The number of carbonyl (C=O) groups excluding carboxylic acids is 1. The van der Waals surface area contributed by atoms with Crippen LogP contribution in [0.25, 0.3) is 5.65 Å². The molecule has 0 N–H and O–H groups in total. The summed E-state index contributed by atoms with van der Waals surface area (Å²) >= 11 is 0. The summed E-state index contributed by atoms with van der Waals surface area (Å²) in [5.74, 6) is -0.621. The molecule has 0 radical (unpaired) electrons. The van der Waals surface area contributed by atoms with E-state index < -0.39 is 5.82 Å². The number of imidazole rings is 1. The van der Waals surface area contributed by atoms with Gasteiger partial charge in [0.2, 0.25) is 0 Å². The van der Waals surface area contributed by atoms with Gasteiger partial charge in [-0.25, -0.2) is 9.37 Å². The minimum absolute atomic E-state index is 0.108. The van der Waals surface area contributed by atoms with Crippen LogP contribution >= 0.6 is 0 Å². The number of nitrogens with zero attached hydrogens (tertiary/aromatic N) is 2. The van der Waals surface area contributed by atoms with Gasteiger partial charge in [-0.3, -0.25) is 4.79 Å². The van der Waals surface area contributed by atoms with Gasteiger partial charge in [0.15, 0.2) is 17.3 Å². The van der Waals surface area contributed by atoms with Crippen molar-refractivity contribution in [3.63, 3.8) is 0 Å². The number of carbonyl (C=O) groups is 1. The van der Waals surface area contributed by atoms with E-state index in [0.29, 0.717) is 11.3 Å². The van der Waals surface area contributed by atoms with Gasteiger partial charge < -0.3 is 9.14 Å². The van der Waals surface area contributed by atoms with Gasteiger partial charge in [0.25, 0.3) is 0 Å². The molecule has 2 aromatic heterocycles. The zero-order valence-electron chi connectivity index (χ0n) is 11.4. The number of ketones is 1. The van der Waals surface area contributed by atoms with Crippen LogP contribution in [-0.4, -0.2) is 15.2 Å². The first-order chi connectivity index (χ1) is 10.1. The molecule has 0 saturated carbocycles. The van der Waals surface area contributed by atoms with E-state index in [1.807, 2.05) is 35.0 Å². The largest absolute Gasteiger partial charge is 0.484 e. The minimum Gasteiger partial charge on any atom is -0.484 e. The van der Waals surface area contributed by atoms with Gasteiger partial charge in [-0.2, -0.15) is 0 Å². The molecule has 0 atom stereocenters. The molecule has 0 aliphatic carbocycles. The van der Waals surface area contributed by atoms with E-state index in [-0.39, 0.29) is 18.1 Å². The average molecular weight is 284 g/mol. The second-order valence-electron chi connectivity index (χ2n) is 4.69. The van der Waals surface area contributed by atoms with Crippen molar-refractivity contribution in [2.45, 2.75) is 13.5 Å². The third-order valence-corrected chi connectivity index (χ3v) is 3.13. The number of aromatic nitrogens is 2. The highest BCUT2D eigenvalue weighted by atomic mass is 19.1. The monoisotopic (exact) mass is 284 g/mol. The Balaban J connectivity index is 1.76. The molecule has 0 fully saturated rings. The van der Waals surface area contributed by atoms with Crippen LogP contribution in [0.3, 0.4) is 0 Å².